The van der Waals surface area contributed by atoms with Crippen LogP contribution in [-0.2, 0) is 0 Å². The zero-order chi connectivity index (χ0) is 10.7. The molecule has 0 aliphatic rings. The molecule has 0 aliphatic carbocycles. The smallest absolute Gasteiger partial charge is 0.347 e. The van der Waals surface area contributed by atoms with Crippen molar-refractivity contribution in [3.63, 3.8) is 0 Å². The van der Waals surface area contributed by atoms with E-state index >= 15 is 0 Å². The fourth-order valence-corrected chi connectivity index (χ4v) is 1.70. The van der Waals surface area contributed by atoms with Crippen molar-refractivity contribution in [3.8, 4) is 6.07 Å². The van der Waals surface area contributed by atoms with Crippen LogP contribution in [0.4, 0.5) is 0 Å². The zero-order valence-corrected chi connectivity index (χ0v) is 8.09. The maximum absolute atomic E-state index is 11.2. The summed E-state index contributed by atoms with van der Waals surface area (Å²) in [5.41, 5.74) is 0.309. The maximum atomic E-state index is 11.2. The molecule has 0 amide bonds. The normalized spacial score (nSPS) is 9.43. The molecular weight excluding hydrogens is 204 g/mol. The van der Waals surface area contributed by atoms with Crippen molar-refractivity contribution in [1.29, 1.82) is 5.26 Å². The number of hydrogen-bond acceptors (Lipinski definition) is 5. The standard InChI is InChI=1S/C8H6N2O3S/c1-4-6(8(12)13)14-7(10-4)5(11)2-3-9/h2H2,1H3,(H,12,13). The number of hydrogen-bond donors (Lipinski definition) is 1. The summed E-state index contributed by atoms with van der Waals surface area (Å²) in [6.07, 6.45) is -0.272. The van der Waals surface area contributed by atoms with Crippen LogP contribution in [0.1, 0.15) is 31.6 Å². The van der Waals surface area contributed by atoms with Gasteiger partial charge in [0.25, 0.3) is 0 Å². The van der Waals surface area contributed by atoms with Gasteiger partial charge in [-0.25, -0.2) is 9.78 Å². The molecule has 0 unspecified atom stereocenters. The van der Waals surface area contributed by atoms with Crippen molar-refractivity contribution in [3.05, 3.63) is 15.6 Å². The summed E-state index contributed by atoms with van der Waals surface area (Å²) in [7, 11) is 0. The van der Waals surface area contributed by atoms with Crippen molar-refractivity contribution in [1.82, 2.24) is 4.98 Å². The number of ketones is 1. The van der Waals surface area contributed by atoms with Crippen LogP contribution in [0.5, 0.6) is 0 Å². The molecule has 1 aromatic heterocycles. The lowest BCUT2D eigenvalue weighted by Gasteiger charge is -1.84. The average Bonchev–Trinajstić information content (AvgIpc) is 2.48. The summed E-state index contributed by atoms with van der Waals surface area (Å²) >= 11 is 0.804. The fraction of sp³-hybridized carbons (Fsp3) is 0.250. The van der Waals surface area contributed by atoms with Gasteiger partial charge < -0.3 is 5.11 Å². The van der Waals surface area contributed by atoms with Crippen LogP contribution in [0.2, 0.25) is 0 Å². The molecule has 0 aromatic carbocycles. The van der Waals surface area contributed by atoms with Gasteiger partial charge >= 0.3 is 5.97 Å². The van der Waals surface area contributed by atoms with E-state index in [1.54, 1.807) is 6.07 Å². The summed E-state index contributed by atoms with van der Waals surface area (Å²) in [5, 5.41) is 17.0. The summed E-state index contributed by atoms with van der Waals surface area (Å²) in [4.78, 5) is 25.6. The lowest BCUT2D eigenvalue weighted by molar-refractivity contribution is 0.0701. The Kier molecular flexibility index (Phi) is 2.94. The number of carbonyl (C=O) groups excluding carboxylic acids is 1. The summed E-state index contributed by atoms with van der Waals surface area (Å²) in [6.45, 7) is 1.52. The number of aryl methyl sites for hydroxylation is 1. The van der Waals surface area contributed by atoms with Gasteiger partial charge in [-0.2, -0.15) is 5.26 Å². The third-order valence-corrected chi connectivity index (χ3v) is 2.66. The van der Waals surface area contributed by atoms with E-state index in [1.807, 2.05) is 0 Å². The molecule has 6 heteroatoms. The Morgan fingerprint density at radius 1 is 1.64 bits per heavy atom. The van der Waals surface area contributed by atoms with E-state index in [9.17, 15) is 9.59 Å². The monoisotopic (exact) mass is 210 g/mol. The van der Waals surface area contributed by atoms with E-state index in [1.165, 1.54) is 6.92 Å². The molecule has 0 aliphatic heterocycles. The molecule has 0 atom stereocenters. The minimum atomic E-state index is -1.10. The average molecular weight is 210 g/mol. The molecule has 1 N–H and O–H groups in total. The number of nitrogens with zero attached hydrogens (tertiary/aromatic N) is 2. The quantitative estimate of drug-likeness (QED) is 0.758. The molecular formula is C8H6N2O3S. The number of nitriles is 1. The van der Waals surface area contributed by atoms with E-state index in [2.05, 4.69) is 4.98 Å². The molecule has 1 heterocycles. The van der Waals surface area contributed by atoms with Crippen LogP contribution in [0.15, 0.2) is 0 Å². The predicted molar refractivity (Wildman–Crippen MR) is 48.4 cm³/mol. The molecule has 0 bridgehead atoms. The molecule has 72 valence electrons. The number of carbonyl (C=O) groups is 2. The van der Waals surface area contributed by atoms with Gasteiger partial charge in [0.1, 0.15) is 11.3 Å². The summed E-state index contributed by atoms with van der Waals surface area (Å²) < 4.78 is 0. The Morgan fingerprint density at radius 3 is 2.71 bits per heavy atom. The van der Waals surface area contributed by atoms with Crippen molar-refractivity contribution >= 4 is 23.1 Å². The SMILES string of the molecule is Cc1nc(C(=O)CC#N)sc1C(=O)O. The van der Waals surface area contributed by atoms with Crippen LogP contribution in [0.3, 0.4) is 0 Å². The van der Waals surface area contributed by atoms with E-state index < -0.39 is 11.8 Å². The first-order valence-electron chi connectivity index (χ1n) is 3.67. The highest BCUT2D eigenvalue weighted by molar-refractivity contribution is 7.15. The number of rotatable bonds is 3. The number of carboxylic acids is 1. The van der Waals surface area contributed by atoms with Gasteiger partial charge in [0.2, 0.25) is 5.78 Å². The summed E-state index contributed by atoms with van der Waals surface area (Å²) in [5.74, 6) is -1.54. The van der Waals surface area contributed by atoms with Gasteiger partial charge in [0, 0.05) is 0 Å². The second kappa shape index (κ2) is 3.98. The number of Topliss-reactive ketones (excluding diaryl/α,β-unsaturated/α-hetero) is 1. The number of thiazole rings is 1. The first-order valence-corrected chi connectivity index (χ1v) is 4.48. The Hall–Kier alpha value is -1.74. The van der Waals surface area contributed by atoms with Gasteiger partial charge in [-0.3, -0.25) is 4.79 Å². The second-order valence-corrected chi connectivity index (χ2v) is 3.50. The van der Waals surface area contributed by atoms with Crippen LogP contribution >= 0.6 is 11.3 Å². The van der Waals surface area contributed by atoms with Crippen LogP contribution in [0, 0.1) is 18.3 Å². The van der Waals surface area contributed by atoms with E-state index in [0.29, 0.717) is 5.69 Å². The Labute approximate surface area is 83.6 Å². The number of aromatic carboxylic acids is 1. The van der Waals surface area contributed by atoms with Gasteiger partial charge in [-0.15, -0.1) is 11.3 Å². The molecule has 5 nitrogen and oxygen atoms in total. The molecule has 0 radical (unpaired) electrons. The van der Waals surface area contributed by atoms with Crippen molar-refractivity contribution < 1.29 is 14.7 Å². The first kappa shape index (κ1) is 10.3. The van der Waals surface area contributed by atoms with Gasteiger partial charge in [0.05, 0.1) is 11.8 Å². The largest absolute Gasteiger partial charge is 0.477 e. The van der Waals surface area contributed by atoms with Crippen molar-refractivity contribution in [2.24, 2.45) is 0 Å². The lowest BCUT2D eigenvalue weighted by atomic mass is 10.3. The minimum absolute atomic E-state index is 0.0475. The molecule has 0 fully saturated rings. The van der Waals surface area contributed by atoms with E-state index in [-0.39, 0.29) is 16.3 Å². The van der Waals surface area contributed by atoms with Gasteiger partial charge in [0.15, 0.2) is 5.01 Å². The lowest BCUT2D eigenvalue weighted by Crippen LogP contribution is -1.95. The van der Waals surface area contributed by atoms with E-state index in [4.69, 9.17) is 10.4 Å². The number of carboxylic acid groups (broad SMARTS) is 1. The maximum Gasteiger partial charge on any atom is 0.347 e. The summed E-state index contributed by atoms with van der Waals surface area (Å²) in [6, 6.07) is 1.69. The molecule has 0 saturated carbocycles. The molecule has 1 rings (SSSR count). The Bertz CT molecular complexity index is 430. The number of aromatic nitrogens is 1. The fourth-order valence-electron chi connectivity index (χ4n) is 0.862. The second-order valence-electron chi connectivity index (χ2n) is 2.50. The molecule has 0 spiro atoms. The van der Waals surface area contributed by atoms with E-state index in [0.717, 1.165) is 11.3 Å². The Balaban J connectivity index is 3.03. The highest BCUT2D eigenvalue weighted by atomic mass is 32.1. The predicted octanol–water partition coefficient (Wildman–Crippen LogP) is 1.25. The van der Waals surface area contributed by atoms with Crippen LogP contribution < -0.4 is 0 Å². The highest BCUT2D eigenvalue weighted by Gasteiger charge is 2.17. The van der Waals surface area contributed by atoms with Gasteiger partial charge in [-0.05, 0) is 6.92 Å². The van der Waals surface area contributed by atoms with Crippen LogP contribution in [-0.4, -0.2) is 21.8 Å². The molecule has 0 saturated heterocycles. The Morgan fingerprint density at radius 2 is 2.29 bits per heavy atom. The van der Waals surface area contributed by atoms with Gasteiger partial charge in [-0.1, -0.05) is 0 Å². The molecule has 1 aromatic rings. The topological polar surface area (TPSA) is 91.0 Å². The van der Waals surface area contributed by atoms with Crippen molar-refractivity contribution in [2.45, 2.75) is 13.3 Å². The third kappa shape index (κ3) is 1.95. The van der Waals surface area contributed by atoms with Crippen molar-refractivity contribution in [2.75, 3.05) is 0 Å². The first-order chi connectivity index (χ1) is 6.56. The highest BCUT2D eigenvalue weighted by Crippen LogP contribution is 2.18. The van der Waals surface area contributed by atoms with Crippen LogP contribution in [0.25, 0.3) is 0 Å². The minimum Gasteiger partial charge on any atom is -0.477 e. The zero-order valence-electron chi connectivity index (χ0n) is 7.27. The molecule has 14 heavy (non-hydrogen) atoms. The third-order valence-electron chi connectivity index (χ3n) is 1.47.